The normalized spacial score (nSPS) is 22.7. The largest absolute Gasteiger partial charge is 0.301 e. The summed E-state index contributed by atoms with van der Waals surface area (Å²) in [5, 5.41) is 1.56. The SMILES string of the molecule is CC1CN(Cc2ccc([Si](C)(C)C)cc2)CCN1C. The van der Waals surface area contributed by atoms with E-state index in [0.29, 0.717) is 6.04 Å². The van der Waals surface area contributed by atoms with Crippen molar-refractivity contribution in [1.29, 1.82) is 0 Å². The van der Waals surface area contributed by atoms with Gasteiger partial charge in [0.1, 0.15) is 0 Å². The minimum absolute atomic E-state index is 0.676. The molecule has 1 saturated heterocycles. The summed E-state index contributed by atoms with van der Waals surface area (Å²) in [6.45, 7) is 14.2. The van der Waals surface area contributed by atoms with E-state index in [1.165, 1.54) is 25.2 Å². The van der Waals surface area contributed by atoms with Crippen LogP contribution in [0.15, 0.2) is 24.3 Å². The maximum Gasteiger partial charge on any atom is 0.0775 e. The van der Waals surface area contributed by atoms with Crippen molar-refractivity contribution in [2.24, 2.45) is 0 Å². The minimum atomic E-state index is -1.15. The molecule has 0 bridgehead atoms. The van der Waals surface area contributed by atoms with Crippen LogP contribution in [0.4, 0.5) is 0 Å². The van der Waals surface area contributed by atoms with Crippen LogP contribution in [0.5, 0.6) is 0 Å². The second-order valence-corrected chi connectivity index (χ2v) is 12.1. The number of rotatable bonds is 3. The summed E-state index contributed by atoms with van der Waals surface area (Å²) < 4.78 is 0. The molecule has 0 saturated carbocycles. The first kappa shape index (κ1) is 14.8. The highest BCUT2D eigenvalue weighted by Crippen LogP contribution is 2.12. The van der Waals surface area contributed by atoms with Gasteiger partial charge in [-0.25, -0.2) is 0 Å². The summed E-state index contributed by atoms with van der Waals surface area (Å²) in [4.78, 5) is 5.03. The lowest BCUT2D eigenvalue weighted by Gasteiger charge is -2.37. The lowest BCUT2D eigenvalue weighted by Crippen LogP contribution is -2.49. The van der Waals surface area contributed by atoms with Crippen molar-refractivity contribution in [1.82, 2.24) is 9.80 Å². The Bertz CT molecular complexity index is 408. The average Bonchev–Trinajstić information content (AvgIpc) is 2.33. The Kier molecular flexibility index (Phi) is 4.49. The molecule has 1 aromatic carbocycles. The minimum Gasteiger partial charge on any atom is -0.301 e. The molecular weight excluding hydrogens is 248 g/mol. The first-order valence-electron chi connectivity index (χ1n) is 7.38. The fourth-order valence-electron chi connectivity index (χ4n) is 2.64. The molecule has 1 aliphatic heterocycles. The number of nitrogens with zero attached hydrogens (tertiary/aromatic N) is 2. The molecule has 0 N–H and O–H groups in total. The Balaban J connectivity index is 1.97. The Morgan fingerprint density at radius 1 is 1.11 bits per heavy atom. The second kappa shape index (κ2) is 5.78. The van der Waals surface area contributed by atoms with Gasteiger partial charge in [-0.2, -0.15) is 0 Å². The third-order valence-corrected chi connectivity index (χ3v) is 6.34. The predicted octanol–water partition coefficient (Wildman–Crippen LogP) is 2.37. The van der Waals surface area contributed by atoms with E-state index in [0.717, 1.165) is 6.54 Å². The molecule has 1 aliphatic rings. The summed E-state index contributed by atoms with van der Waals surface area (Å²) >= 11 is 0. The molecule has 19 heavy (non-hydrogen) atoms. The van der Waals surface area contributed by atoms with Gasteiger partial charge in [0.2, 0.25) is 0 Å². The summed E-state index contributed by atoms with van der Waals surface area (Å²) in [6, 6.07) is 10.0. The Morgan fingerprint density at radius 3 is 2.26 bits per heavy atom. The lowest BCUT2D eigenvalue weighted by molar-refractivity contribution is 0.1000. The summed E-state index contributed by atoms with van der Waals surface area (Å²) in [5.74, 6) is 0. The van der Waals surface area contributed by atoms with Crippen LogP contribution in [0.25, 0.3) is 0 Å². The van der Waals surface area contributed by atoms with E-state index in [4.69, 9.17) is 0 Å². The van der Waals surface area contributed by atoms with Crippen LogP contribution in [0.2, 0.25) is 19.6 Å². The quantitative estimate of drug-likeness (QED) is 0.782. The van der Waals surface area contributed by atoms with Gasteiger partial charge in [0.15, 0.2) is 0 Å². The van der Waals surface area contributed by atoms with E-state index in [9.17, 15) is 0 Å². The van der Waals surface area contributed by atoms with Crippen LogP contribution in [0, 0.1) is 0 Å². The van der Waals surface area contributed by atoms with Crippen LogP contribution in [0.3, 0.4) is 0 Å². The van der Waals surface area contributed by atoms with E-state index in [1.807, 2.05) is 0 Å². The van der Waals surface area contributed by atoms with Crippen molar-refractivity contribution in [2.45, 2.75) is 39.2 Å². The van der Waals surface area contributed by atoms with Crippen LogP contribution in [-0.4, -0.2) is 50.6 Å². The van der Waals surface area contributed by atoms with Crippen molar-refractivity contribution in [3.8, 4) is 0 Å². The van der Waals surface area contributed by atoms with E-state index < -0.39 is 8.07 Å². The van der Waals surface area contributed by atoms with Gasteiger partial charge in [-0.1, -0.05) is 49.1 Å². The van der Waals surface area contributed by atoms with E-state index >= 15 is 0 Å². The average molecular weight is 276 g/mol. The molecule has 0 aromatic heterocycles. The first-order chi connectivity index (χ1) is 8.86. The van der Waals surface area contributed by atoms with Gasteiger partial charge in [-0.15, -0.1) is 0 Å². The zero-order chi connectivity index (χ0) is 14.0. The van der Waals surface area contributed by atoms with Crippen LogP contribution in [-0.2, 0) is 6.54 Å². The Hall–Kier alpha value is -0.643. The highest BCUT2D eigenvalue weighted by Gasteiger charge is 2.21. The maximum atomic E-state index is 2.58. The number of benzene rings is 1. The molecule has 3 heteroatoms. The molecule has 0 spiro atoms. The van der Waals surface area contributed by atoms with Crippen molar-refractivity contribution in [3.63, 3.8) is 0 Å². The molecule has 2 rings (SSSR count). The van der Waals surface area contributed by atoms with Gasteiger partial charge in [0.25, 0.3) is 0 Å². The molecular formula is C16H28N2Si. The summed E-state index contributed by atoms with van der Waals surface area (Å²) in [7, 11) is 1.08. The molecule has 106 valence electrons. The van der Waals surface area contributed by atoms with Gasteiger partial charge >= 0.3 is 0 Å². The van der Waals surface area contributed by atoms with Crippen molar-refractivity contribution < 1.29 is 0 Å². The monoisotopic (exact) mass is 276 g/mol. The molecule has 0 aliphatic carbocycles. The number of piperazine rings is 1. The zero-order valence-electron chi connectivity index (χ0n) is 13.1. The van der Waals surface area contributed by atoms with Gasteiger partial charge in [-0.05, 0) is 19.5 Å². The fourth-order valence-corrected chi connectivity index (χ4v) is 3.80. The van der Waals surface area contributed by atoms with Crippen molar-refractivity contribution >= 4 is 13.3 Å². The summed E-state index contributed by atoms with van der Waals surface area (Å²) in [6.07, 6.45) is 0. The maximum absolute atomic E-state index is 2.58. The van der Waals surface area contributed by atoms with Crippen molar-refractivity contribution in [3.05, 3.63) is 29.8 Å². The second-order valence-electron chi connectivity index (χ2n) is 7.01. The third kappa shape index (κ3) is 3.91. The highest BCUT2D eigenvalue weighted by atomic mass is 28.3. The first-order valence-corrected chi connectivity index (χ1v) is 10.9. The number of likely N-dealkylation sites (N-methyl/N-ethyl adjacent to an activating group) is 1. The Morgan fingerprint density at radius 2 is 1.74 bits per heavy atom. The molecule has 0 amide bonds. The molecule has 1 atom stereocenters. The smallest absolute Gasteiger partial charge is 0.0775 e. The van der Waals surface area contributed by atoms with E-state index in [1.54, 1.807) is 5.19 Å². The third-order valence-electron chi connectivity index (χ3n) is 4.27. The molecule has 2 nitrogen and oxygen atoms in total. The standard InChI is InChI=1S/C16H28N2Si/c1-14-12-18(11-10-17(14)2)13-15-6-8-16(9-7-15)19(3,4)5/h6-9,14H,10-13H2,1-5H3. The molecule has 1 heterocycles. The van der Waals surface area contributed by atoms with Gasteiger partial charge in [0.05, 0.1) is 8.07 Å². The van der Waals surface area contributed by atoms with Gasteiger partial charge < -0.3 is 4.90 Å². The highest BCUT2D eigenvalue weighted by molar-refractivity contribution is 6.88. The van der Waals surface area contributed by atoms with Gasteiger partial charge in [-0.3, -0.25) is 4.90 Å². The molecule has 1 fully saturated rings. The summed E-state index contributed by atoms with van der Waals surface area (Å²) in [5.41, 5.74) is 1.46. The zero-order valence-corrected chi connectivity index (χ0v) is 14.1. The molecule has 1 aromatic rings. The number of hydrogen-bond donors (Lipinski definition) is 0. The van der Waals surface area contributed by atoms with Crippen LogP contribution in [0.1, 0.15) is 12.5 Å². The van der Waals surface area contributed by atoms with Gasteiger partial charge in [0, 0.05) is 32.2 Å². The fraction of sp³-hybridized carbons (Fsp3) is 0.625. The molecule has 1 unspecified atom stereocenters. The lowest BCUT2D eigenvalue weighted by atomic mass is 10.1. The van der Waals surface area contributed by atoms with Crippen LogP contribution >= 0.6 is 0 Å². The number of hydrogen-bond acceptors (Lipinski definition) is 2. The van der Waals surface area contributed by atoms with Crippen LogP contribution < -0.4 is 5.19 Å². The van der Waals surface area contributed by atoms with Crippen molar-refractivity contribution in [2.75, 3.05) is 26.7 Å². The predicted molar refractivity (Wildman–Crippen MR) is 86.8 cm³/mol. The topological polar surface area (TPSA) is 6.48 Å². The Labute approximate surface area is 119 Å². The van der Waals surface area contributed by atoms with E-state index in [-0.39, 0.29) is 0 Å². The van der Waals surface area contributed by atoms with E-state index in [2.05, 4.69) is 67.7 Å². The molecule has 0 radical (unpaired) electrons.